The minimum atomic E-state index is -4.11. The minimum absolute atomic E-state index is 0.181. The maximum absolute atomic E-state index is 13.0. The Hall–Kier alpha value is -1.58. The molecule has 4 nitrogen and oxygen atoms in total. The molecule has 0 bridgehead atoms. The number of hydrogen-bond acceptors (Lipinski definition) is 4. The number of benzene rings is 1. The molecule has 2 N–H and O–H groups in total. The zero-order valence-corrected chi connectivity index (χ0v) is 11.4. The van der Waals surface area contributed by atoms with Crippen molar-refractivity contribution in [2.75, 3.05) is 4.72 Å². The van der Waals surface area contributed by atoms with Gasteiger partial charge >= 0.3 is 0 Å². The van der Waals surface area contributed by atoms with Crippen LogP contribution in [0.5, 0.6) is 0 Å². The molecule has 0 fully saturated rings. The third-order valence-corrected chi connectivity index (χ3v) is 4.87. The normalized spacial score (nSPS) is 11.6. The highest BCUT2D eigenvalue weighted by Gasteiger charge is 2.21. The summed E-state index contributed by atoms with van der Waals surface area (Å²) in [6, 6.07) is 2.30. The molecule has 0 aliphatic rings. The van der Waals surface area contributed by atoms with Gasteiger partial charge in [-0.15, -0.1) is 11.3 Å². The SMILES string of the molecule is O=S(=O)(Nc1cc(F)c(F)c(F)c1)c1ccsc1CO. The first-order valence-corrected chi connectivity index (χ1v) is 7.56. The molecule has 1 aromatic heterocycles. The van der Waals surface area contributed by atoms with Gasteiger partial charge in [0.25, 0.3) is 10.0 Å². The lowest BCUT2D eigenvalue weighted by atomic mass is 10.3. The van der Waals surface area contributed by atoms with Crippen LogP contribution in [0.4, 0.5) is 18.9 Å². The molecular weight excluding hydrogens is 315 g/mol. The Morgan fingerprint density at radius 1 is 1.20 bits per heavy atom. The lowest BCUT2D eigenvalue weighted by Gasteiger charge is -2.08. The fourth-order valence-electron chi connectivity index (χ4n) is 1.51. The van der Waals surface area contributed by atoms with Crippen LogP contribution in [0.1, 0.15) is 4.88 Å². The number of sulfonamides is 1. The number of aliphatic hydroxyl groups excluding tert-OH is 1. The summed E-state index contributed by atoms with van der Waals surface area (Å²) in [5, 5.41) is 10.5. The number of anilines is 1. The van der Waals surface area contributed by atoms with E-state index < -0.39 is 39.8 Å². The highest BCUT2D eigenvalue weighted by atomic mass is 32.2. The fraction of sp³-hybridized carbons (Fsp3) is 0.0909. The van der Waals surface area contributed by atoms with Crippen molar-refractivity contribution in [3.8, 4) is 0 Å². The van der Waals surface area contributed by atoms with E-state index in [-0.39, 0.29) is 9.77 Å². The van der Waals surface area contributed by atoms with Crippen molar-refractivity contribution in [3.05, 3.63) is 45.9 Å². The maximum Gasteiger partial charge on any atom is 0.263 e. The molecule has 0 aliphatic heterocycles. The van der Waals surface area contributed by atoms with Crippen molar-refractivity contribution >= 4 is 27.0 Å². The summed E-state index contributed by atoms with van der Waals surface area (Å²) < 4.78 is 64.7. The molecule has 0 spiro atoms. The van der Waals surface area contributed by atoms with Crippen LogP contribution in [0.15, 0.2) is 28.5 Å². The standard InChI is InChI=1S/C11H8F3NO3S2/c12-7-3-6(4-8(13)11(7)14)15-20(17,18)10-1-2-19-9(10)5-16/h1-4,15-16H,5H2. The van der Waals surface area contributed by atoms with Crippen molar-refractivity contribution in [1.29, 1.82) is 0 Å². The van der Waals surface area contributed by atoms with E-state index in [1.165, 1.54) is 11.4 Å². The van der Waals surface area contributed by atoms with Gasteiger partial charge in [0.1, 0.15) is 4.90 Å². The quantitative estimate of drug-likeness (QED) is 0.850. The first kappa shape index (κ1) is 14.8. The molecule has 0 unspecified atom stereocenters. The average Bonchev–Trinajstić information content (AvgIpc) is 2.84. The summed E-state index contributed by atoms with van der Waals surface area (Å²) in [5.74, 6) is -4.69. The van der Waals surface area contributed by atoms with Crippen LogP contribution in [0, 0.1) is 17.5 Å². The molecule has 0 aliphatic carbocycles. The summed E-state index contributed by atoms with van der Waals surface area (Å²) in [6.45, 7) is -0.486. The van der Waals surface area contributed by atoms with E-state index in [1.807, 2.05) is 4.72 Å². The van der Waals surface area contributed by atoms with Gasteiger partial charge in [0, 0.05) is 12.1 Å². The summed E-state index contributed by atoms with van der Waals surface area (Å²) in [6.07, 6.45) is 0. The number of thiophene rings is 1. The maximum atomic E-state index is 13.0. The fourth-order valence-corrected chi connectivity index (χ4v) is 3.84. The van der Waals surface area contributed by atoms with Gasteiger partial charge < -0.3 is 5.11 Å². The topological polar surface area (TPSA) is 66.4 Å². The zero-order chi connectivity index (χ0) is 14.9. The Morgan fingerprint density at radius 2 is 1.80 bits per heavy atom. The lowest BCUT2D eigenvalue weighted by molar-refractivity contribution is 0.282. The largest absolute Gasteiger partial charge is 0.391 e. The Bertz CT molecular complexity index is 720. The zero-order valence-electron chi connectivity index (χ0n) is 9.73. The van der Waals surface area contributed by atoms with E-state index in [1.54, 1.807) is 0 Å². The van der Waals surface area contributed by atoms with Crippen LogP contribution in [0.3, 0.4) is 0 Å². The van der Waals surface area contributed by atoms with Gasteiger partial charge in [0.2, 0.25) is 0 Å². The molecule has 0 saturated heterocycles. The van der Waals surface area contributed by atoms with Crippen molar-refractivity contribution in [2.24, 2.45) is 0 Å². The van der Waals surface area contributed by atoms with Crippen LogP contribution in [-0.2, 0) is 16.6 Å². The van der Waals surface area contributed by atoms with Crippen LogP contribution < -0.4 is 4.72 Å². The first-order chi connectivity index (χ1) is 9.35. The predicted molar refractivity (Wildman–Crippen MR) is 67.4 cm³/mol. The van der Waals surface area contributed by atoms with Gasteiger partial charge in [-0.05, 0) is 11.4 Å². The van der Waals surface area contributed by atoms with E-state index >= 15 is 0 Å². The molecule has 1 heterocycles. The Kier molecular flexibility index (Phi) is 4.02. The molecule has 0 saturated carbocycles. The van der Waals surface area contributed by atoms with Crippen molar-refractivity contribution < 1.29 is 26.7 Å². The molecule has 2 aromatic rings. The van der Waals surface area contributed by atoms with Gasteiger partial charge in [-0.25, -0.2) is 21.6 Å². The molecule has 20 heavy (non-hydrogen) atoms. The van der Waals surface area contributed by atoms with Crippen LogP contribution in [-0.4, -0.2) is 13.5 Å². The minimum Gasteiger partial charge on any atom is -0.391 e. The van der Waals surface area contributed by atoms with Gasteiger partial charge in [-0.1, -0.05) is 0 Å². The average molecular weight is 323 g/mol. The first-order valence-electron chi connectivity index (χ1n) is 5.19. The summed E-state index contributed by atoms with van der Waals surface area (Å²) in [4.78, 5) is -0.0179. The monoisotopic (exact) mass is 323 g/mol. The second kappa shape index (κ2) is 5.43. The molecule has 0 amide bonds. The molecular formula is C11H8F3NO3S2. The summed E-state index contributed by atoms with van der Waals surface area (Å²) >= 11 is 1.02. The van der Waals surface area contributed by atoms with Crippen LogP contribution >= 0.6 is 11.3 Å². The number of rotatable bonds is 4. The highest BCUT2D eigenvalue weighted by Crippen LogP contribution is 2.25. The third kappa shape index (κ3) is 2.79. The van der Waals surface area contributed by atoms with Crippen molar-refractivity contribution in [1.82, 2.24) is 0 Å². The van der Waals surface area contributed by atoms with Crippen LogP contribution in [0.2, 0.25) is 0 Å². The van der Waals surface area contributed by atoms with E-state index in [0.717, 1.165) is 11.3 Å². The Labute approximate surface area is 116 Å². The highest BCUT2D eigenvalue weighted by molar-refractivity contribution is 7.93. The Balaban J connectivity index is 2.39. The smallest absolute Gasteiger partial charge is 0.263 e. The molecule has 0 radical (unpaired) electrons. The van der Waals surface area contributed by atoms with E-state index in [0.29, 0.717) is 12.1 Å². The van der Waals surface area contributed by atoms with E-state index in [2.05, 4.69) is 0 Å². The Morgan fingerprint density at radius 3 is 2.35 bits per heavy atom. The van der Waals surface area contributed by atoms with Gasteiger partial charge in [-0.2, -0.15) is 0 Å². The summed E-state index contributed by atoms with van der Waals surface area (Å²) in [5.41, 5.74) is -0.448. The van der Waals surface area contributed by atoms with Crippen LogP contribution in [0.25, 0.3) is 0 Å². The van der Waals surface area contributed by atoms with Gasteiger partial charge in [0.15, 0.2) is 17.5 Å². The molecule has 9 heteroatoms. The molecule has 1 aromatic carbocycles. The van der Waals surface area contributed by atoms with Crippen molar-refractivity contribution in [3.63, 3.8) is 0 Å². The molecule has 0 atom stereocenters. The number of nitrogens with one attached hydrogen (secondary N) is 1. The second-order valence-corrected chi connectivity index (χ2v) is 6.38. The number of hydrogen-bond donors (Lipinski definition) is 2. The predicted octanol–water partition coefficient (Wildman–Crippen LogP) is 2.46. The molecule has 2 rings (SSSR count). The third-order valence-electron chi connectivity index (χ3n) is 2.37. The number of aliphatic hydroxyl groups is 1. The van der Waals surface area contributed by atoms with Gasteiger partial charge in [0.05, 0.1) is 17.2 Å². The van der Waals surface area contributed by atoms with Crippen molar-refractivity contribution in [2.45, 2.75) is 11.5 Å². The van der Waals surface area contributed by atoms with Gasteiger partial charge in [-0.3, -0.25) is 4.72 Å². The summed E-state index contributed by atoms with van der Waals surface area (Å²) in [7, 11) is -4.11. The van der Waals surface area contributed by atoms with E-state index in [4.69, 9.17) is 5.11 Å². The molecule has 108 valence electrons. The lowest BCUT2D eigenvalue weighted by Crippen LogP contribution is -2.14. The van der Waals surface area contributed by atoms with E-state index in [9.17, 15) is 21.6 Å². The number of halogens is 3. The second-order valence-electron chi connectivity index (χ2n) is 3.73.